The fourth-order valence-corrected chi connectivity index (χ4v) is 3.03. The predicted octanol–water partition coefficient (Wildman–Crippen LogP) is 2.10. The van der Waals surface area contributed by atoms with Crippen LogP contribution in [0.5, 0.6) is 0 Å². The summed E-state index contributed by atoms with van der Waals surface area (Å²) >= 11 is 0. The smallest absolute Gasteiger partial charge is 0.267 e. The summed E-state index contributed by atoms with van der Waals surface area (Å²) in [5, 5.41) is 12.7. The maximum absolute atomic E-state index is 12.2. The molecule has 2 N–H and O–H groups in total. The molecule has 1 heterocycles. The molecule has 0 saturated heterocycles. The van der Waals surface area contributed by atoms with Crippen molar-refractivity contribution in [1.82, 2.24) is 9.88 Å². The third-order valence-electron chi connectivity index (χ3n) is 4.26. The summed E-state index contributed by atoms with van der Waals surface area (Å²) in [5.41, 5.74) is 0.777. The number of aliphatic hydroxyl groups is 1. The minimum absolute atomic E-state index is 0.0250. The first-order chi connectivity index (χ1) is 9.24. The van der Waals surface area contributed by atoms with Crippen molar-refractivity contribution in [2.75, 3.05) is 6.54 Å². The zero-order valence-corrected chi connectivity index (χ0v) is 11.2. The van der Waals surface area contributed by atoms with E-state index in [2.05, 4.69) is 9.88 Å². The number of carbonyl (C=O) groups is 1. The fourth-order valence-electron chi connectivity index (χ4n) is 3.03. The SMILES string of the molecule is O=C(NCC1CCCC(O)C1)c1cccn1C1CC1. The van der Waals surface area contributed by atoms with Crippen molar-refractivity contribution in [3.05, 3.63) is 24.0 Å². The Morgan fingerprint density at radius 3 is 2.95 bits per heavy atom. The van der Waals surface area contributed by atoms with Crippen molar-refractivity contribution < 1.29 is 9.90 Å². The number of hydrogen-bond acceptors (Lipinski definition) is 2. The molecule has 2 saturated carbocycles. The summed E-state index contributed by atoms with van der Waals surface area (Å²) < 4.78 is 2.09. The first-order valence-electron chi connectivity index (χ1n) is 7.37. The van der Waals surface area contributed by atoms with E-state index in [-0.39, 0.29) is 12.0 Å². The third-order valence-corrected chi connectivity index (χ3v) is 4.26. The molecule has 104 valence electrons. The monoisotopic (exact) mass is 262 g/mol. The Kier molecular flexibility index (Phi) is 3.60. The average Bonchev–Trinajstić information content (AvgIpc) is 3.13. The molecule has 3 rings (SSSR count). The van der Waals surface area contributed by atoms with Gasteiger partial charge in [0.1, 0.15) is 5.69 Å². The molecule has 2 atom stereocenters. The molecule has 2 aliphatic carbocycles. The van der Waals surface area contributed by atoms with Gasteiger partial charge in [0.15, 0.2) is 0 Å². The van der Waals surface area contributed by atoms with Crippen molar-refractivity contribution in [2.45, 2.75) is 50.7 Å². The van der Waals surface area contributed by atoms with Crippen LogP contribution in [0.4, 0.5) is 0 Å². The Morgan fingerprint density at radius 2 is 2.21 bits per heavy atom. The average molecular weight is 262 g/mol. The number of nitrogens with one attached hydrogen (secondary N) is 1. The van der Waals surface area contributed by atoms with Crippen LogP contribution in [0.15, 0.2) is 18.3 Å². The van der Waals surface area contributed by atoms with Gasteiger partial charge in [-0.2, -0.15) is 0 Å². The zero-order chi connectivity index (χ0) is 13.2. The Bertz CT molecular complexity index is 451. The molecule has 0 aliphatic heterocycles. The normalized spacial score (nSPS) is 27.2. The van der Waals surface area contributed by atoms with Crippen LogP contribution in [0.25, 0.3) is 0 Å². The fraction of sp³-hybridized carbons (Fsp3) is 0.667. The molecule has 19 heavy (non-hydrogen) atoms. The molecule has 4 nitrogen and oxygen atoms in total. The van der Waals surface area contributed by atoms with Gasteiger partial charge in [0.2, 0.25) is 0 Å². The highest BCUT2D eigenvalue weighted by molar-refractivity contribution is 5.92. The quantitative estimate of drug-likeness (QED) is 0.873. The highest BCUT2D eigenvalue weighted by Gasteiger charge is 2.27. The minimum Gasteiger partial charge on any atom is -0.393 e. The van der Waals surface area contributed by atoms with E-state index in [0.29, 0.717) is 18.5 Å². The van der Waals surface area contributed by atoms with Crippen molar-refractivity contribution >= 4 is 5.91 Å². The molecule has 2 aliphatic rings. The summed E-state index contributed by atoms with van der Waals surface area (Å²) in [4.78, 5) is 12.2. The van der Waals surface area contributed by atoms with E-state index >= 15 is 0 Å². The molecule has 2 fully saturated rings. The highest BCUT2D eigenvalue weighted by Crippen LogP contribution is 2.36. The van der Waals surface area contributed by atoms with E-state index < -0.39 is 0 Å². The topological polar surface area (TPSA) is 54.3 Å². The van der Waals surface area contributed by atoms with Crippen molar-refractivity contribution in [3.8, 4) is 0 Å². The standard InChI is InChI=1S/C15H22N2O2/c18-13-4-1-3-11(9-13)10-16-15(19)14-5-2-8-17(14)12-6-7-12/h2,5,8,11-13,18H,1,3-4,6-7,9-10H2,(H,16,19). The van der Waals surface area contributed by atoms with Gasteiger partial charge < -0.3 is 15.0 Å². The van der Waals surface area contributed by atoms with E-state index in [9.17, 15) is 9.90 Å². The lowest BCUT2D eigenvalue weighted by atomic mass is 9.87. The number of aromatic nitrogens is 1. The van der Waals surface area contributed by atoms with Gasteiger partial charge in [0.25, 0.3) is 5.91 Å². The summed E-state index contributed by atoms with van der Waals surface area (Å²) in [5.74, 6) is 0.453. The Hall–Kier alpha value is -1.29. The summed E-state index contributed by atoms with van der Waals surface area (Å²) in [7, 11) is 0. The van der Waals surface area contributed by atoms with E-state index in [1.807, 2.05) is 18.3 Å². The Labute approximate surface area is 113 Å². The molecule has 0 radical (unpaired) electrons. The van der Waals surface area contributed by atoms with Crippen LogP contribution < -0.4 is 5.32 Å². The second-order valence-electron chi connectivity index (χ2n) is 5.93. The summed E-state index contributed by atoms with van der Waals surface area (Å²) in [6, 6.07) is 4.37. The van der Waals surface area contributed by atoms with Gasteiger partial charge in [-0.25, -0.2) is 0 Å². The maximum atomic E-state index is 12.2. The first kappa shape index (κ1) is 12.7. The number of nitrogens with zero attached hydrogens (tertiary/aromatic N) is 1. The molecule has 1 aromatic heterocycles. The van der Waals surface area contributed by atoms with Crippen LogP contribution in [-0.2, 0) is 0 Å². The van der Waals surface area contributed by atoms with Crippen LogP contribution in [-0.4, -0.2) is 28.2 Å². The van der Waals surface area contributed by atoms with Gasteiger partial charge in [0.05, 0.1) is 6.10 Å². The number of carbonyl (C=O) groups excluding carboxylic acids is 1. The largest absolute Gasteiger partial charge is 0.393 e. The lowest BCUT2D eigenvalue weighted by Crippen LogP contribution is -2.33. The second kappa shape index (κ2) is 5.37. The number of amides is 1. The van der Waals surface area contributed by atoms with Crippen molar-refractivity contribution in [3.63, 3.8) is 0 Å². The van der Waals surface area contributed by atoms with Gasteiger partial charge >= 0.3 is 0 Å². The predicted molar refractivity (Wildman–Crippen MR) is 73.0 cm³/mol. The summed E-state index contributed by atoms with van der Waals surface area (Å²) in [6.07, 6.45) is 8.11. The van der Waals surface area contributed by atoms with E-state index in [0.717, 1.165) is 31.4 Å². The molecule has 1 amide bonds. The van der Waals surface area contributed by atoms with Gasteiger partial charge in [-0.1, -0.05) is 6.42 Å². The number of rotatable bonds is 4. The molecule has 0 spiro atoms. The van der Waals surface area contributed by atoms with Crippen LogP contribution in [0.3, 0.4) is 0 Å². The maximum Gasteiger partial charge on any atom is 0.267 e. The van der Waals surface area contributed by atoms with Gasteiger partial charge in [-0.15, -0.1) is 0 Å². The summed E-state index contributed by atoms with van der Waals surface area (Å²) in [6.45, 7) is 0.686. The van der Waals surface area contributed by atoms with Crippen molar-refractivity contribution in [2.24, 2.45) is 5.92 Å². The van der Waals surface area contributed by atoms with Crippen molar-refractivity contribution in [1.29, 1.82) is 0 Å². The van der Waals surface area contributed by atoms with E-state index in [1.54, 1.807) is 0 Å². The molecular formula is C15H22N2O2. The van der Waals surface area contributed by atoms with Gasteiger partial charge in [-0.05, 0) is 50.2 Å². The molecule has 4 heteroatoms. The van der Waals surface area contributed by atoms with Crippen LogP contribution >= 0.6 is 0 Å². The number of hydrogen-bond donors (Lipinski definition) is 2. The molecular weight excluding hydrogens is 240 g/mol. The number of aliphatic hydroxyl groups excluding tert-OH is 1. The van der Waals surface area contributed by atoms with E-state index in [1.165, 1.54) is 12.8 Å². The Morgan fingerprint density at radius 1 is 1.37 bits per heavy atom. The van der Waals surface area contributed by atoms with E-state index in [4.69, 9.17) is 0 Å². The molecule has 0 aromatic carbocycles. The lowest BCUT2D eigenvalue weighted by Gasteiger charge is -2.25. The molecule has 2 unspecified atom stereocenters. The second-order valence-corrected chi connectivity index (χ2v) is 5.93. The van der Waals surface area contributed by atoms with Crippen LogP contribution in [0, 0.1) is 5.92 Å². The molecule has 0 bridgehead atoms. The highest BCUT2D eigenvalue weighted by atomic mass is 16.3. The van der Waals surface area contributed by atoms with Gasteiger partial charge in [0, 0.05) is 18.8 Å². The lowest BCUT2D eigenvalue weighted by molar-refractivity contribution is 0.0867. The molecule has 1 aromatic rings. The first-order valence-corrected chi connectivity index (χ1v) is 7.37. The third kappa shape index (κ3) is 3.00. The zero-order valence-electron chi connectivity index (χ0n) is 11.2. The Balaban J connectivity index is 1.54. The van der Waals surface area contributed by atoms with Crippen LogP contribution in [0.2, 0.25) is 0 Å². The minimum atomic E-state index is -0.175. The van der Waals surface area contributed by atoms with Gasteiger partial charge in [-0.3, -0.25) is 4.79 Å². The van der Waals surface area contributed by atoms with Crippen LogP contribution in [0.1, 0.15) is 55.1 Å².